The molecule has 3 rings (SSSR count). The van der Waals surface area contributed by atoms with Gasteiger partial charge in [0.25, 0.3) is 0 Å². The van der Waals surface area contributed by atoms with E-state index in [-0.39, 0.29) is 5.82 Å². The minimum absolute atomic E-state index is 0.214. The van der Waals surface area contributed by atoms with Gasteiger partial charge >= 0.3 is 0 Å². The van der Waals surface area contributed by atoms with Crippen LogP contribution in [0, 0.1) is 5.82 Å². The maximum absolute atomic E-state index is 13.4. The molecule has 0 aliphatic rings. The Bertz CT molecular complexity index is 869. The Balaban J connectivity index is 1.56. The number of aromatic amines is 1. The maximum Gasteiger partial charge on any atom is 0.193 e. The highest BCUT2D eigenvalue weighted by Gasteiger charge is 2.07. The predicted molar refractivity (Wildman–Crippen MR) is 108 cm³/mol. The number of halogens is 1. The number of H-pyrrole nitrogens is 1. The van der Waals surface area contributed by atoms with Crippen molar-refractivity contribution in [1.29, 1.82) is 0 Å². The lowest BCUT2D eigenvalue weighted by Crippen LogP contribution is -2.38. The van der Waals surface area contributed by atoms with Crippen LogP contribution in [0.1, 0.15) is 24.7 Å². The summed E-state index contributed by atoms with van der Waals surface area (Å²) in [6, 6.07) is 14.7. The van der Waals surface area contributed by atoms with E-state index >= 15 is 0 Å². The van der Waals surface area contributed by atoms with E-state index < -0.39 is 0 Å². The highest BCUT2D eigenvalue weighted by Crippen LogP contribution is 2.11. The van der Waals surface area contributed by atoms with Crippen molar-refractivity contribution in [3.63, 3.8) is 0 Å². The van der Waals surface area contributed by atoms with Crippen LogP contribution in [-0.2, 0) is 13.0 Å². The third kappa shape index (κ3) is 5.29. The molecule has 0 aliphatic carbocycles. The van der Waals surface area contributed by atoms with E-state index in [2.05, 4.69) is 15.3 Å². The molecule has 0 aliphatic heterocycles. The first kappa shape index (κ1) is 18.9. The van der Waals surface area contributed by atoms with Crippen LogP contribution in [0.5, 0.6) is 0 Å². The molecule has 2 N–H and O–H groups in total. The maximum atomic E-state index is 13.4. The molecule has 3 aromatic rings. The van der Waals surface area contributed by atoms with Crippen LogP contribution in [0.15, 0.2) is 53.5 Å². The lowest BCUT2D eigenvalue weighted by atomic mass is 10.2. The summed E-state index contributed by atoms with van der Waals surface area (Å²) in [5, 5.41) is 3.30. The van der Waals surface area contributed by atoms with E-state index in [0.717, 1.165) is 47.8 Å². The molecule has 0 unspecified atom stereocenters. The molecule has 5 nitrogen and oxygen atoms in total. The minimum atomic E-state index is -0.214. The van der Waals surface area contributed by atoms with Crippen molar-refractivity contribution in [1.82, 2.24) is 20.2 Å². The fourth-order valence-electron chi connectivity index (χ4n) is 3.01. The SMILES string of the molecule is CCNC(=NCCCc1nc2ccccc2[nH]1)N(C)Cc1cccc(F)c1. The summed E-state index contributed by atoms with van der Waals surface area (Å²) in [5.74, 6) is 1.60. The van der Waals surface area contributed by atoms with Crippen molar-refractivity contribution in [2.75, 3.05) is 20.1 Å². The molecule has 0 fully saturated rings. The summed E-state index contributed by atoms with van der Waals surface area (Å²) in [4.78, 5) is 14.7. The van der Waals surface area contributed by atoms with E-state index in [1.165, 1.54) is 6.07 Å². The van der Waals surface area contributed by atoms with Crippen LogP contribution in [0.3, 0.4) is 0 Å². The van der Waals surface area contributed by atoms with Gasteiger partial charge in [-0.15, -0.1) is 0 Å². The van der Waals surface area contributed by atoms with Crippen molar-refractivity contribution in [3.8, 4) is 0 Å². The lowest BCUT2D eigenvalue weighted by molar-refractivity contribution is 0.474. The number of rotatable bonds is 7. The molecular formula is C21H26FN5. The third-order valence-corrected chi connectivity index (χ3v) is 4.28. The number of benzene rings is 2. The highest BCUT2D eigenvalue weighted by molar-refractivity contribution is 5.79. The summed E-state index contributed by atoms with van der Waals surface area (Å²) >= 11 is 0. The van der Waals surface area contributed by atoms with Gasteiger partial charge < -0.3 is 15.2 Å². The fraction of sp³-hybridized carbons (Fsp3) is 0.333. The van der Waals surface area contributed by atoms with Crippen molar-refractivity contribution in [2.24, 2.45) is 4.99 Å². The first-order valence-corrected chi connectivity index (χ1v) is 9.33. The zero-order chi connectivity index (χ0) is 19.1. The molecule has 0 atom stereocenters. The van der Waals surface area contributed by atoms with Gasteiger partial charge in [0.2, 0.25) is 0 Å². The number of aromatic nitrogens is 2. The number of para-hydroxylation sites is 2. The average Bonchev–Trinajstić information content (AvgIpc) is 3.07. The smallest absolute Gasteiger partial charge is 0.193 e. The third-order valence-electron chi connectivity index (χ3n) is 4.28. The van der Waals surface area contributed by atoms with Gasteiger partial charge in [-0.3, -0.25) is 4.99 Å². The Labute approximate surface area is 159 Å². The monoisotopic (exact) mass is 367 g/mol. The molecule has 1 aromatic heterocycles. The van der Waals surface area contributed by atoms with Crippen molar-refractivity contribution >= 4 is 17.0 Å². The van der Waals surface area contributed by atoms with Crippen molar-refractivity contribution in [3.05, 3.63) is 65.7 Å². The molecule has 1 heterocycles. The molecule has 6 heteroatoms. The van der Waals surface area contributed by atoms with Gasteiger partial charge in [-0.1, -0.05) is 24.3 Å². The van der Waals surface area contributed by atoms with E-state index in [9.17, 15) is 4.39 Å². The minimum Gasteiger partial charge on any atom is -0.357 e. The van der Waals surface area contributed by atoms with Gasteiger partial charge in [-0.2, -0.15) is 0 Å². The number of aryl methyl sites for hydroxylation is 1. The number of hydrogen-bond acceptors (Lipinski definition) is 2. The van der Waals surface area contributed by atoms with E-state index in [4.69, 9.17) is 4.99 Å². The number of guanidine groups is 1. The van der Waals surface area contributed by atoms with E-state index in [0.29, 0.717) is 13.1 Å². The second-order valence-corrected chi connectivity index (χ2v) is 6.53. The van der Waals surface area contributed by atoms with Gasteiger partial charge in [0.1, 0.15) is 11.6 Å². The summed E-state index contributed by atoms with van der Waals surface area (Å²) in [7, 11) is 1.96. The average molecular weight is 367 g/mol. The van der Waals surface area contributed by atoms with Gasteiger partial charge in [0.05, 0.1) is 11.0 Å². The quantitative estimate of drug-likeness (QED) is 0.380. The summed E-state index contributed by atoms with van der Waals surface area (Å²) < 4.78 is 13.4. The second kappa shape index (κ2) is 9.16. The highest BCUT2D eigenvalue weighted by atomic mass is 19.1. The lowest BCUT2D eigenvalue weighted by Gasteiger charge is -2.22. The van der Waals surface area contributed by atoms with Crippen LogP contribution in [0.2, 0.25) is 0 Å². The van der Waals surface area contributed by atoms with Gasteiger partial charge in [-0.25, -0.2) is 9.37 Å². The van der Waals surface area contributed by atoms with Crippen molar-refractivity contribution in [2.45, 2.75) is 26.3 Å². The molecule has 0 amide bonds. The molecule has 27 heavy (non-hydrogen) atoms. The number of nitrogens with one attached hydrogen (secondary N) is 2. The first-order chi connectivity index (χ1) is 13.2. The van der Waals surface area contributed by atoms with Crippen molar-refractivity contribution < 1.29 is 4.39 Å². The molecule has 142 valence electrons. The molecule has 0 spiro atoms. The Kier molecular flexibility index (Phi) is 6.41. The van der Waals surface area contributed by atoms with Crippen LogP contribution in [0.25, 0.3) is 11.0 Å². The summed E-state index contributed by atoms with van der Waals surface area (Å²) in [6.07, 6.45) is 1.76. The Hall–Kier alpha value is -2.89. The Morgan fingerprint density at radius 1 is 1.22 bits per heavy atom. The summed E-state index contributed by atoms with van der Waals surface area (Å²) in [6.45, 7) is 4.13. The number of fused-ring (bicyclic) bond motifs is 1. The Morgan fingerprint density at radius 2 is 2.07 bits per heavy atom. The molecule has 0 radical (unpaired) electrons. The van der Waals surface area contributed by atoms with Crippen LogP contribution in [0.4, 0.5) is 4.39 Å². The van der Waals surface area contributed by atoms with Gasteiger partial charge in [0, 0.05) is 33.1 Å². The molecule has 0 saturated heterocycles. The standard InChI is InChI=1S/C21H26FN5/c1-3-23-21(27(2)15-16-8-6-9-17(22)14-16)24-13-7-12-20-25-18-10-4-5-11-19(18)26-20/h4-6,8-11,14H,3,7,12-13,15H2,1-2H3,(H,23,24)(H,25,26). The number of aliphatic imine (C=N–C) groups is 1. The van der Waals surface area contributed by atoms with Crippen LogP contribution >= 0.6 is 0 Å². The van der Waals surface area contributed by atoms with Crippen LogP contribution < -0.4 is 5.32 Å². The number of hydrogen-bond donors (Lipinski definition) is 2. The van der Waals surface area contributed by atoms with Crippen LogP contribution in [-0.4, -0.2) is 41.0 Å². The Morgan fingerprint density at radius 3 is 2.85 bits per heavy atom. The van der Waals surface area contributed by atoms with Gasteiger partial charge in [0.15, 0.2) is 5.96 Å². The molecular weight excluding hydrogens is 341 g/mol. The summed E-state index contributed by atoms with van der Waals surface area (Å²) in [5.41, 5.74) is 2.99. The first-order valence-electron chi connectivity index (χ1n) is 9.33. The second-order valence-electron chi connectivity index (χ2n) is 6.53. The number of imidazole rings is 1. The topological polar surface area (TPSA) is 56.3 Å². The molecule has 2 aromatic carbocycles. The zero-order valence-electron chi connectivity index (χ0n) is 15.9. The molecule has 0 bridgehead atoms. The van der Waals surface area contributed by atoms with E-state index in [1.54, 1.807) is 12.1 Å². The fourth-order valence-corrected chi connectivity index (χ4v) is 3.01. The zero-order valence-corrected chi connectivity index (χ0v) is 15.9. The van der Waals surface area contributed by atoms with E-state index in [1.807, 2.05) is 49.2 Å². The predicted octanol–water partition coefficient (Wildman–Crippen LogP) is 3.73. The number of nitrogens with zero attached hydrogens (tertiary/aromatic N) is 3. The normalized spacial score (nSPS) is 11.7. The largest absolute Gasteiger partial charge is 0.357 e. The van der Waals surface area contributed by atoms with Gasteiger partial charge in [-0.05, 0) is 43.2 Å². The molecule has 0 saturated carbocycles.